The number of thioether (sulfide) groups is 1. The molecule has 1 atom stereocenters. The molecule has 2 aliphatic heterocycles. The first-order valence-electron chi connectivity index (χ1n) is 10.2. The highest BCUT2D eigenvalue weighted by Gasteiger charge is 2.34. The first kappa shape index (κ1) is 20.6. The molecule has 0 saturated carbocycles. The summed E-state index contributed by atoms with van der Waals surface area (Å²) in [5, 5.41) is 3.64. The van der Waals surface area contributed by atoms with E-state index in [9.17, 15) is 4.79 Å². The summed E-state index contributed by atoms with van der Waals surface area (Å²) in [5.74, 6) is 0.816. The van der Waals surface area contributed by atoms with Gasteiger partial charge in [0.15, 0.2) is 0 Å². The number of nitrogens with zero attached hydrogens (tertiary/aromatic N) is 1. The van der Waals surface area contributed by atoms with E-state index >= 15 is 0 Å². The van der Waals surface area contributed by atoms with Crippen LogP contribution in [0.3, 0.4) is 0 Å². The third kappa shape index (κ3) is 3.52. The number of nitrogens with one attached hydrogen (secondary N) is 1. The maximum absolute atomic E-state index is 12.4. The van der Waals surface area contributed by atoms with Crippen molar-refractivity contribution < 1.29 is 9.53 Å². The van der Waals surface area contributed by atoms with Crippen molar-refractivity contribution >= 4 is 28.3 Å². The largest absolute Gasteiger partial charge is 0.485 e. The third-order valence-electron chi connectivity index (χ3n) is 5.47. The predicted octanol–water partition coefficient (Wildman–Crippen LogP) is 6.74. The molecule has 1 N–H and O–H groups in total. The van der Waals surface area contributed by atoms with Crippen molar-refractivity contribution in [3.8, 4) is 16.9 Å². The highest BCUT2D eigenvalue weighted by molar-refractivity contribution is 8.13. The number of ether oxygens (including phenoxy) is 1. The number of fused-ring (bicyclic) bond motifs is 5. The van der Waals surface area contributed by atoms with Gasteiger partial charge in [-0.1, -0.05) is 24.3 Å². The monoisotopic (exact) mass is 420 g/mol. The highest BCUT2D eigenvalue weighted by Crippen LogP contribution is 2.52. The normalized spacial score (nSPS) is 18.0. The Morgan fingerprint density at radius 3 is 2.73 bits per heavy atom. The van der Waals surface area contributed by atoms with Crippen LogP contribution in [0.2, 0.25) is 0 Å². The molecule has 2 aliphatic rings. The smallest absolute Gasteiger partial charge is 0.285 e. The zero-order chi connectivity index (χ0) is 21.6. The Kier molecular flexibility index (Phi) is 5.18. The number of carbonyl (C=O) groups excluding carboxylic acids is 1. The number of allylic oxidation sites excluding steroid dienone is 1. The maximum atomic E-state index is 12.4. The number of amides is 1. The van der Waals surface area contributed by atoms with Crippen LogP contribution in [-0.4, -0.2) is 29.8 Å². The number of anilines is 1. The fourth-order valence-electron chi connectivity index (χ4n) is 4.37. The summed E-state index contributed by atoms with van der Waals surface area (Å²) in [4.78, 5) is 15.0. The molecule has 0 aliphatic carbocycles. The van der Waals surface area contributed by atoms with E-state index in [1.807, 2.05) is 24.3 Å². The standard InChI is InChI=1S/C25H28N2O2S/c1-7-9-18-23-16(12-13-17-21(23)15(2)14-25(3,4)26-17)22-19(29-18)10-8-11-20(22)30-24(28)27(5)6/h7-8,10-14,18,26H,1,9H2,2-6H3. The molecule has 0 fully saturated rings. The Hall–Kier alpha value is -2.66. The van der Waals surface area contributed by atoms with Crippen LogP contribution < -0.4 is 10.1 Å². The zero-order valence-electron chi connectivity index (χ0n) is 18.2. The molecule has 4 rings (SSSR count). The summed E-state index contributed by atoms with van der Waals surface area (Å²) in [6.07, 6.45) is 4.78. The van der Waals surface area contributed by atoms with Crippen LogP contribution in [0, 0.1) is 0 Å². The molecule has 1 unspecified atom stereocenters. The minimum Gasteiger partial charge on any atom is -0.485 e. The molecular formula is C25H28N2O2S. The van der Waals surface area contributed by atoms with Crippen LogP contribution >= 0.6 is 11.8 Å². The van der Waals surface area contributed by atoms with Crippen molar-refractivity contribution in [3.05, 3.63) is 60.2 Å². The molecule has 156 valence electrons. The Morgan fingerprint density at radius 2 is 2.03 bits per heavy atom. The van der Waals surface area contributed by atoms with Gasteiger partial charge in [-0.25, -0.2) is 0 Å². The Balaban J connectivity index is 1.95. The maximum Gasteiger partial charge on any atom is 0.285 e. The van der Waals surface area contributed by atoms with Gasteiger partial charge in [-0.05, 0) is 61.9 Å². The average Bonchev–Trinajstić information content (AvgIpc) is 2.66. The minimum absolute atomic E-state index is 0.00406. The zero-order valence-corrected chi connectivity index (χ0v) is 19.0. The molecule has 0 spiro atoms. The molecule has 30 heavy (non-hydrogen) atoms. The van der Waals surface area contributed by atoms with Crippen LogP contribution in [-0.2, 0) is 0 Å². The predicted molar refractivity (Wildman–Crippen MR) is 126 cm³/mol. The second-order valence-corrected chi connectivity index (χ2v) is 9.64. The first-order chi connectivity index (χ1) is 14.2. The van der Waals surface area contributed by atoms with Gasteiger partial charge in [0.1, 0.15) is 11.9 Å². The number of carbonyl (C=O) groups is 1. The summed E-state index contributed by atoms with van der Waals surface area (Å²) < 4.78 is 6.48. The SMILES string of the molecule is C=CCC1Oc2cccc(SC(=O)N(C)C)c2-c2ccc3c(c21)C(C)=CC(C)(C)N3. The summed E-state index contributed by atoms with van der Waals surface area (Å²) in [6, 6.07) is 10.3. The molecule has 0 radical (unpaired) electrons. The van der Waals surface area contributed by atoms with Crippen molar-refractivity contribution in [1.82, 2.24) is 4.90 Å². The lowest BCUT2D eigenvalue weighted by molar-refractivity contribution is 0.205. The van der Waals surface area contributed by atoms with Crippen molar-refractivity contribution in [1.29, 1.82) is 0 Å². The lowest BCUT2D eigenvalue weighted by atomic mass is 9.81. The van der Waals surface area contributed by atoms with Gasteiger partial charge in [-0.3, -0.25) is 4.79 Å². The van der Waals surface area contributed by atoms with Crippen molar-refractivity contribution in [2.24, 2.45) is 0 Å². The van der Waals surface area contributed by atoms with E-state index in [2.05, 4.69) is 50.9 Å². The molecule has 2 aromatic rings. The van der Waals surface area contributed by atoms with Gasteiger partial charge < -0.3 is 15.0 Å². The molecule has 0 saturated heterocycles. The van der Waals surface area contributed by atoms with Crippen LogP contribution in [0.25, 0.3) is 16.7 Å². The quantitative estimate of drug-likeness (QED) is 0.441. The van der Waals surface area contributed by atoms with Gasteiger partial charge in [0, 0.05) is 47.8 Å². The molecule has 4 nitrogen and oxygen atoms in total. The molecule has 2 heterocycles. The Morgan fingerprint density at radius 1 is 1.27 bits per heavy atom. The topological polar surface area (TPSA) is 41.6 Å². The van der Waals surface area contributed by atoms with Crippen LogP contribution in [0.4, 0.5) is 10.5 Å². The van der Waals surface area contributed by atoms with E-state index in [4.69, 9.17) is 4.74 Å². The van der Waals surface area contributed by atoms with E-state index in [1.165, 1.54) is 28.5 Å². The van der Waals surface area contributed by atoms with E-state index in [0.717, 1.165) is 27.5 Å². The van der Waals surface area contributed by atoms with E-state index < -0.39 is 0 Å². The van der Waals surface area contributed by atoms with Crippen LogP contribution in [0.5, 0.6) is 5.75 Å². The fourth-order valence-corrected chi connectivity index (χ4v) is 5.20. The van der Waals surface area contributed by atoms with E-state index in [-0.39, 0.29) is 16.9 Å². The molecule has 0 bridgehead atoms. The number of hydrogen-bond donors (Lipinski definition) is 1. The molecule has 1 amide bonds. The minimum atomic E-state index is -0.115. The van der Waals surface area contributed by atoms with Crippen LogP contribution in [0.1, 0.15) is 44.4 Å². The van der Waals surface area contributed by atoms with Crippen LogP contribution in [0.15, 0.2) is 54.0 Å². The van der Waals surface area contributed by atoms with Crippen molar-refractivity contribution in [3.63, 3.8) is 0 Å². The lowest BCUT2D eigenvalue weighted by Crippen LogP contribution is -2.32. The van der Waals surface area contributed by atoms with E-state index in [0.29, 0.717) is 6.42 Å². The van der Waals surface area contributed by atoms with E-state index in [1.54, 1.807) is 19.0 Å². The fraction of sp³-hybridized carbons (Fsp3) is 0.320. The van der Waals surface area contributed by atoms with Gasteiger partial charge in [-0.15, -0.1) is 6.58 Å². The lowest BCUT2D eigenvalue weighted by Gasteiger charge is -2.37. The average molecular weight is 421 g/mol. The summed E-state index contributed by atoms with van der Waals surface area (Å²) in [5.41, 5.74) is 6.74. The number of rotatable bonds is 3. The van der Waals surface area contributed by atoms with Gasteiger partial charge >= 0.3 is 0 Å². The molecule has 0 aromatic heterocycles. The van der Waals surface area contributed by atoms with Gasteiger partial charge in [0.05, 0.1) is 5.54 Å². The number of hydrogen-bond acceptors (Lipinski definition) is 4. The van der Waals surface area contributed by atoms with Crippen molar-refractivity contribution in [2.45, 2.75) is 43.7 Å². The summed E-state index contributed by atoms with van der Waals surface area (Å²) in [6.45, 7) is 10.5. The molecule has 5 heteroatoms. The second kappa shape index (κ2) is 7.55. The van der Waals surface area contributed by atoms with Gasteiger partial charge in [-0.2, -0.15) is 0 Å². The highest BCUT2D eigenvalue weighted by atomic mass is 32.2. The van der Waals surface area contributed by atoms with Gasteiger partial charge in [0.2, 0.25) is 0 Å². The second-order valence-electron chi connectivity index (χ2n) is 8.65. The molecule has 2 aromatic carbocycles. The number of benzene rings is 2. The first-order valence-corrected chi connectivity index (χ1v) is 11.0. The van der Waals surface area contributed by atoms with Gasteiger partial charge in [0.25, 0.3) is 5.24 Å². The third-order valence-corrected chi connectivity index (χ3v) is 6.57. The van der Waals surface area contributed by atoms with Crippen molar-refractivity contribution in [2.75, 3.05) is 19.4 Å². The molecular weight excluding hydrogens is 392 g/mol. The Bertz CT molecular complexity index is 1070. The Labute approximate surface area is 183 Å². The summed E-state index contributed by atoms with van der Waals surface area (Å²) >= 11 is 1.24. The summed E-state index contributed by atoms with van der Waals surface area (Å²) in [7, 11) is 3.54.